The molecule has 0 unspecified atom stereocenters. The van der Waals surface area contributed by atoms with E-state index in [1.165, 1.54) is 6.08 Å². The van der Waals surface area contributed by atoms with Gasteiger partial charge in [-0.1, -0.05) is 6.08 Å². The van der Waals surface area contributed by atoms with Gasteiger partial charge in [-0.2, -0.15) is 0 Å². The predicted molar refractivity (Wildman–Crippen MR) is 54.6 cm³/mol. The maximum Gasteiger partial charge on any atom is 0.328 e. The summed E-state index contributed by atoms with van der Waals surface area (Å²) in [6, 6.07) is 0. The Kier molecular flexibility index (Phi) is 5.75. The van der Waals surface area contributed by atoms with E-state index < -0.39 is 11.9 Å². The summed E-state index contributed by atoms with van der Waals surface area (Å²) in [4.78, 5) is 11.9. The monoisotopic (exact) mass is 241 g/mol. The Morgan fingerprint density at radius 3 is 2.40 bits per heavy atom. The van der Waals surface area contributed by atoms with Crippen LogP contribution < -0.4 is 0 Å². The van der Waals surface area contributed by atoms with Gasteiger partial charge in [0.1, 0.15) is 0 Å². The van der Waals surface area contributed by atoms with Crippen molar-refractivity contribution in [3.05, 3.63) is 12.2 Å². The molecule has 1 aliphatic heterocycles. The predicted octanol–water partition coefficient (Wildman–Crippen LogP) is 1.78. The highest BCUT2D eigenvalue weighted by atomic mass is 35.5. The number of hydrogen-bond donors (Lipinski definition) is 1. The SMILES string of the molecule is Cl.O=C(O)C=CCN1CCC(F)(F)CC1. The molecule has 0 aromatic carbocycles. The van der Waals surface area contributed by atoms with Crippen molar-refractivity contribution >= 4 is 18.4 Å². The number of likely N-dealkylation sites (tertiary alicyclic amines) is 1. The normalized spacial score (nSPS) is 21.2. The van der Waals surface area contributed by atoms with Gasteiger partial charge in [-0.15, -0.1) is 12.4 Å². The van der Waals surface area contributed by atoms with Crippen molar-refractivity contribution in [2.45, 2.75) is 18.8 Å². The molecule has 1 saturated heterocycles. The molecule has 1 rings (SSSR count). The van der Waals surface area contributed by atoms with Crippen molar-refractivity contribution in [1.29, 1.82) is 0 Å². The van der Waals surface area contributed by atoms with Crippen LogP contribution in [-0.4, -0.2) is 41.5 Å². The van der Waals surface area contributed by atoms with E-state index in [4.69, 9.17) is 5.11 Å². The molecular weight excluding hydrogens is 228 g/mol. The van der Waals surface area contributed by atoms with E-state index in [1.54, 1.807) is 0 Å². The van der Waals surface area contributed by atoms with Gasteiger partial charge in [-0.25, -0.2) is 13.6 Å². The Morgan fingerprint density at radius 1 is 1.40 bits per heavy atom. The molecule has 0 saturated carbocycles. The third-order valence-electron chi connectivity index (χ3n) is 2.21. The third-order valence-corrected chi connectivity index (χ3v) is 2.21. The number of aliphatic carboxylic acids is 1. The molecule has 15 heavy (non-hydrogen) atoms. The minimum Gasteiger partial charge on any atom is -0.478 e. The number of carboxylic acids is 1. The highest BCUT2D eigenvalue weighted by molar-refractivity contribution is 5.85. The van der Waals surface area contributed by atoms with Crippen LogP contribution in [0.2, 0.25) is 0 Å². The Hall–Kier alpha value is -0.680. The average Bonchev–Trinajstić information content (AvgIpc) is 2.07. The van der Waals surface area contributed by atoms with Gasteiger partial charge in [-0.05, 0) is 0 Å². The zero-order chi connectivity index (χ0) is 10.6. The number of carbonyl (C=O) groups is 1. The number of alkyl halides is 2. The molecule has 1 heterocycles. The van der Waals surface area contributed by atoms with Crippen LogP contribution in [0.4, 0.5) is 8.78 Å². The lowest BCUT2D eigenvalue weighted by molar-refractivity contribution is -0.131. The van der Waals surface area contributed by atoms with Crippen LogP contribution in [0.15, 0.2) is 12.2 Å². The maximum atomic E-state index is 12.7. The van der Waals surface area contributed by atoms with Gasteiger partial charge in [0.15, 0.2) is 0 Å². The Morgan fingerprint density at radius 2 is 1.93 bits per heavy atom. The molecule has 0 bridgehead atoms. The molecular formula is C9H14ClF2NO2. The highest BCUT2D eigenvalue weighted by Gasteiger charge is 2.33. The lowest BCUT2D eigenvalue weighted by atomic mass is 10.1. The second-order valence-electron chi connectivity index (χ2n) is 3.40. The summed E-state index contributed by atoms with van der Waals surface area (Å²) in [7, 11) is 0. The molecule has 0 aromatic rings. The molecule has 1 aliphatic rings. The number of nitrogens with zero attached hydrogens (tertiary/aromatic N) is 1. The highest BCUT2D eigenvalue weighted by Crippen LogP contribution is 2.27. The maximum absolute atomic E-state index is 12.7. The van der Waals surface area contributed by atoms with E-state index in [2.05, 4.69) is 0 Å². The Bertz CT molecular complexity index is 236. The van der Waals surface area contributed by atoms with E-state index in [9.17, 15) is 13.6 Å². The molecule has 0 aromatic heterocycles. The number of hydrogen-bond acceptors (Lipinski definition) is 2. The van der Waals surface area contributed by atoms with E-state index >= 15 is 0 Å². The first-order valence-electron chi connectivity index (χ1n) is 4.49. The summed E-state index contributed by atoms with van der Waals surface area (Å²) in [5.41, 5.74) is 0. The van der Waals surface area contributed by atoms with Crippen LogP contribution in [0.3, 0.4) is 0 Å². The second-order valence-corrected chi connectivity index (χ2v) is 3.40. The van der Waals surface area contributed by atoms with E-state index in [0.29, 0.717) is 19.6 Å². The first kappa shape index (κ1) is 14.3. The average molecular weight is 242 g/mol. The number of carboxylic acid groups (broad SMARTS) is 1. The topological polar surface area (TPSA) is 40.5 Å². The van der Waals surface area contributed by atoms with Crippen molar-refractivity contribution in [1.82, 2.24) is 4.90 Å². The van der Waals surface area contributed by atoms with Crippen LogP contribution in [-0.2, 0) is 4.79 Å². The lowest BCUT2D eigenvalue weighted by Crippen LogP contribution is -2.39. The van der Waals surface area contributed by atoms with Gasteiger partial charge in [-0.3, -0.25) is 4.90 Å². The smallest absolute Gasteiger partial charge is 0.328 e. The van der Waals surface area contributed by atoms with Crippen LogP contribution in [0.1, 0.15) is 12.8 Å². The first-order chi connectivity index (χ1) is 6.49. The fraction of sp³-hybridized carbons (Fsp3) is 0.667. The van der Waals surface area contributed by atoms with Gasteiger partial charge in [0.05, 0.1) is 0 Å². The summed E-state index contributed by atoms with van der Waals surface area (Å²) in [6.45, 7) is 1.09. The van der Waals surface area contributed by atoms with Gasteiger partial charge >= 0.3 is 5.97 Å². The lowest BCUT2D eigenvalue weighted by Gasteiger charge is -2.30. The van der Waals surface area contributed by atoms with E-state index in [-0.39, 0.29) is 25.2 Å². The van der Waals surface area contributed by atoms with Gasteiger partial charge < -0.3 is 5.11 Å². The van der Waals surface area contributed by atoms with Crippen LogP contribution in [0, 0.1) is 0 Å². The summed E-state index contributed by atoms with van der Waals surface area (Å²) in [5, 5.41) is 8.30. The van der Waals surface area contributed by atoms with Gasteiger partial charge in [0.2, 0.25) is 0 Å². The van der Waals surface area contributed by atoms with Crippen LogP contribution in [0.5, 0.6) is 0 Å². The van der Waals surface area contributed by atoms with Crippen molar-refractivity contribution in [2.24, 2.45) is 0 Å². The largest absolute Gasteiger partial charge is 0.478 e. The molecule has 0 aliphatic carbocycles. The van der Waals surface area contributed by atoms with Crippen LogP contribution >= 0.6 is 12.4 Å². The van der Waals surface area contributed by atoms with Crippen LogP contribution in [0.25, 0.3) is 0 Å². The minimum atomic E-state index is -2.53. The number of halogens is 3. The molecule has 88 valence electrons. The second kappa shape index (κ2) is 6.02. The fourth-order valence-corrected chi connectivity index (χ4v) is 1.37. The molecule has 0 amide bonds. The standard InChI is InChI=1S/C9H13F2NO2.ClH/c10-9(11)3-6-12(7-4-9)5-1-2-8(13)14;/h1-2H,3-7H2,(H,13,14);1H. The van der Waals surface area contributed by atoms with E-state index in [1.807, 2.05) is 4.90 Å². The molecule has 0 radical (unpaired) electrons. The van der Waals surface area contributed by atoms with Crippen molar-refractivity contribution in [3.8, 4) is 0 Å². The van der Waals surface area contributed by atoms with Gasteiger partial charge in [0.25, 0.3) is 5.92 Å². The zero-order valence-electron chi connectivity index (χ0n) is 8.16. The summed E-state index contributed by atoms with van der Waals surface area (Å²) < 4.78 is 25.4. The number of piperidine rings is 1. The molecule has 3 nitrogen and oxygen atoms in total. The molecule has 0 atom stereocenters. The summed E-state index contributed by atoms with van der Waals surface area (Å²) >= 11 is 0. The van der Waals surface area contributed by atoms with Crippen molar-refractivity contribution in [2.75, 3.05) is 19.6 Å². The summed E-state index contributed by atoms with van der Waals surface area (Å²) in [6.07, 6.45) is 2.25. The molecule has 1 N–H and O–H groups in total. The van der Waals surface area contributed by atoms with Crippen molar-refractivity contribution in [3.63, 3.8) is 0 Å². The molecule has 6 heteroatoms. The zero-order valence-corrected chi connectivity index (χ0v) is 8.97. The minimum absolute atomic E-state index is 0. The fourth-order valence-electron chi connectivity index (χ4n) is 1.37. The summed E-state index contributed by atoms with van der Waals surface area (Å²) in [5.74, 6) is -3.54. The van der Waals surface area contributed by atoms with Gasteiger partial charge in [0, 0.05) is 38.6 Å². The number of rotatable bonds is 3. The molecule has 0 spiro atoms. The quantitative estimate of drug-likeness (QED) is 0.766. The van der Waals surface area contributed by atoms with Crippen molar-refractivity contribution < 1.29 is 18.7 Å². The Labute approximate surface area is 93.2 Å². The third kappa shape index (κ3) is 5.69. The Balaban J connectivity index is 0.00000196. The first-order valence-corrected chi connectivity index (χ1v) is 4.49. The molecule has 1 fully saturated rings. The van der Waals surface area contributed by atoms with E-state index in [0.717, 1.165) is 6.08 Å².